The summed E-state index contributed by atoms with van der Waals surface area (Å²) in [7, 11) is 0. The van der Waals surface area contributed by atoms with E-state index >= 15 is 0 Å². The summed E-state index contributed by atoms with van der Waals surface area (Å²) >= 11 is 0. The van der Waals surface area contributed by atoms with E-state index < -0.39 is 0 Å². The average Bonchev–Trinajstić information content (AvgIpc) is 2.03. The lowest BCUT2D eigenvalue weighted by Gasteiger charge is -2.05. The van der Waals surface area contributed by atoms with E-state index in [9.17, 15) is 4.79 Å². The van der Waals surface area contributed by atoms with E-state index in [1.807, 2.05) is 6.92 Å². The van der Waals surface area contributed by atoms with E-state index in [1.165, 1.54) is 0 Å². The lowest BCUT2D eigenvalue weighted by molar-refractivity contribution is -0.120. The van der Waals surface area contributed by atoms with Gasteiger partial charge in [-0.25, -0.2) is 0 Å². The van der Waals surface area contributed by atoms with Gasteiger partial charge in [-0.3, -0.25) is 4.79 Å². The highest BCUT2D eigenvalue weighted by Crippen LogP contribution is 2.10. The number of rotatable bonds is 7. The number of hydrogen-bond donors (Lipinski definition) is 1. The quantitative estimate of drug-likeness (QED) is 0.597. The van der Waals surface area contributed by atoms with Crippen molar-refractivity contribution in [2.75, 3.05) is 6.61 Å². The number of unbranched alkanes of at least 4 members (excludes halogenated alkanes) is 3. The van der Waals surface area contributed by atoms with Crippen LogP contribution < -0.4 is 0 Å². The fraction of sp³-hybridized carbons (Fsp3) is 0.900. The highest BCUT2D eigenvalue weighted by molar-refractivity contribution is 5.77. The molecule has 0 spiro atoms. The second-order valence-corrected chi connectivity index (χ2v) is 3.44. The SMILES string of the molecule is CC(=O)C(C)CCCCCCO. The second kappa shape index (κ2) is 7.29. The number of Topliss-reactive ketones (excluding diaryl/α,β-unsaturated/α-hetero) is 1. The Morgan fingerprint density at radius 1 is 1.25 bits per heavy atom. The maximum absolute atomic E-state index is 10.8. The normalized spacial score (nSPS) is 12.9. The van der Waals surface area contributed by atoms with Crippen LogP contribution in [-0.4, -0.2) is 17.5 Å². The molecule has 12 heavy (non-hydrogen) atoms. The summed E-state index contributed by atoms with van der Waals surface area (Å²) in [5, 5.41) is 8.51. The molecule has 2 nitrogen and oxygen atoms in total. The zero-order valence-electron chi connectivity index (χ0n) is 8.18. The summed E-state index contributed by atoms with van der Waals surface area (Å²) in [6, 6.07) is 0. The highest BCUT2D eigenvalue weighted by atomic mass is 16.2. The molecular weight excluding hydrogens is 152 g/mol. The molecule has 0 aliphatic carbocycles. The van der Waals surface area contributed by atoms with Crippen molar-refractivity contribution in [1.82, 2.24) is 0 Å². The second-order valence-electron chi connectivity index (χ2n) is 3.44. The summed E-state index contributed by atoms with van der Waals surface area (Å²) in [5.41, 5.74) is 0. The van der Waals surface area contributed by atoms with Crippen LogP contribution in [0.3, 0.4) is 0 Å². The minimum atomic E-state index is 0.221. The van der Waals surface area contributed by atoms with Gasteiger partial charge >= 0.3 is 0 Å². The summed E-state index contributed by atoms with van der Waals surface area (Å²) in [5.74, 6) is 0.510. The highest BCUT2D eigenvalue weighted by Gasteiger charge is 2.05. The van der Waals surface area contributed by atoms with Crippen LogP contribution in [0.25, 0.3) is 0 Å². The van der Waals surface area contributed by atoms with E-state index in [1.54, 1.807) is 6.92 Å². The minimum Gasteiger partial charge on any atom is -0.396 e. The number of aliphatic hydroxyl groups is 1. The first-order valence-corrected chi connectivity index (χ1v) is 4.79. The van der Waals surface area contributed by atoms with Gasteiger partial charge in [-0.15, -0.1) is 0 Å². The average molecular weight is 172 g/mol. The smallest absolute Gasteiger partial charge is 0.132 e. The van der Waals surface area contributed by atoms with Gasteiger partial charge < -0.3 is 5.11 Å². The van der Waals surface area contributed by atoms with Crippen LogP contribution in [0, 0.1) is 5.92 Å². The van der Waals surface area contributed by atoms with Gasteiger partial charge in [0.05, 0.1) is 0 Å². The summed E-state index contributed by atoms with van der Waals surface area (Å²) in [6.45, 7) is 3.93. The lowest BCUT2D eigenvalue weighted by Crippen LogP contribution is -2.05. The van der Waals surface area contributed by atoms with Gasteiger partial charge in [0.15, 0.2) is 0 Å². The van der Waals surface area contributed by atoms with Gasteiger partial charge in [0.25, 0.3) is 0 Å². The number of ketones is 1. The molecule has 1 N–H and O–H groups in total. The predicted molar refractivity (Wildman–Crippen MR) is 50.0 cm³/mol. The number of carbonyl (C=O) groups excluding carboxylic acids is 1. The van der Waals surface area contributed by atoms with Gasteiger partial charge in [-0.2, -0.15) is 0 Å². The van der Waals surface area contributed by atoms with Gasteiger partial charge in [-0.1, -0.05) is 26.2 Å². The fourth-order valence-electron chi connectivity index (χ4n) is 1.12. The maximum Gasteiger partial charge on any atom is 0.132 e. The van der Waals surface area contributed by atoms with E-state index in [0.717, 1.165) is 32.1 Å². The molecule has 1 unspecified atom stereocenters. The Balaban J connectivity index is 3.14. The molecule has 72 valence electrons. The van der Waals surface area contributed by atoms with Gasteiger partial charge in [0.1, 0.15) is 5.78 Å². The van der Waals surface area contributed by atoms with Gasteiger partial charge in [-0.05, 0) is 19.8 Å². The molecule has 0 aromatic rings. The standard InChI is InChI=1S/C10H20O2/c1-9(10(2)12)7-5-3-4-6-8-11/h9,11H,3-8H2,1-2H3. The largest absolute Gasteiger partial charge is 0.396 e. The van der Waals surface area contributed by atoms with E-state index in [2.05, 4.69) is 0 Å². The van der Waals surface area contributed by atoms with Crippen molar-refractivity contribution in [3.63, 3.8) is 0 Å². The molecular formula is C10H20O2. The van der Waals surface area contributed by atoms with Crippen molar-refractivity contribution in [2.24, 2.45) is 5.92 Å². The molecule has 0 fully saturated rings. The summed E-state index contributed by atoms with van der Waals surface area (Å²) in [6.07, 6.45) is 5.23. The van der Waals surface area contributed by atoms with Crippen LogP contribution in [0.2, 0.25) is 0 Å². The third-order valence-electron chi connectivity index (χ3n) is 2.24. The van der Waals surface area contributed by atoms with Crippen molar-refractivity contribution < 1.29 is 9.90 Å². The molecule has 1 atom stereocenters. The van der Waals surface area contributed by atoms with Crippen molar-refractivity contribution in [3.8, 4) is 0 Å². The summed E-state index contributed by atoms with van der Waals surface area (Å²) < 4.78 is 0. The molecule has 0 radical (unpaired) electrons. The zero-order chi connectivity index (χ0) is 9.40. The Hall–Kier alpha value is -0.370. The first-order valence-electron chi connectivity index (χ1n) is 4.79. The number of carbonyl (C=O) groups is 1. The van der Waals surface area contributed by atoms with Gasteiger partial charge in [0, 0.05) is 12.5 Å². The Morgan fingerprint density at radius 2 is 1.83 bits per heavy atom. The molecule has 0 aromatic heterocycles. The minimum absolute atomic E-state index is 0.221. The molecule has 0 aromatic carbocycles. The first-order chi connectivity index (χ1) is 5.68. The van der Waals surface area contributed by atoms with Crippen LogP contribution in [0.5, 0.6) is 0 Å². The molecule has 0 saturated heterocycles. The van der Waals surface area contributed by atoms with Gasteiger partial charge in [0.2, 0.25) is 0 Å². The fourth-order valence-corrected chi connectivity index (χ4v) is 1.12. The Kier molecular flexibility index (Phi) is 7.06. The third kappa shape index (κ3) is 6.35. The molecule has 0 amide bonds. The monoisotopic (exact) mass is 172 g/mol. The first kappa shape index (κ1) is 11.6. The van der Waals surface area contributed by atoms with Crippen LogP contribution in [-0.2, 0) is 4.79 Å². The number of hydrogen-bond acceptors (Lipinski definition) is 2. The summed E-state index contributed by atoms with van der Waals surface area (Å²) in [4.78, 5) is 10.8. The molecule has 0 aliphatic heterocycles. The Bertz CT molecular complexity index is 121. The van der Waals surface area contributed by atoms with Crippen LogP contribution >= 0.6 is 0 Å². The molecule has 0 saturated carbocycles. The molecule has 2 heteroatoms. The van der Waals surface area contributed by atoms with Crippen molar-refractivity contribution in [1.29, 1.82) is 0 Å². The van der Waals surface area contributed by atoms with Crippen molar-refractivity contribution in [3.05, 3.63) is 0 Å². The van der Waals surface area contributed by atoms with Crippen LogP contribution in [0.1, 0.15) is 46.0 Å². The number of aliphatic hydroxyl groups excluding tert-OH is 1. The van der Waals surface area contributed by atoms with E-state index in [0.29, 0.717) is 6.61 Å². The van der Waals surface area contributed by atoms with Crippen LogP contribution in [0.15, 0.2) is 0 Å². The van der Waals surface area contributed by atoms with Crippen molar-refractivity contribution >= 4 is 5.78 Å². The van der Waals surface area contributed by atoms with Crippen molar-refractivity contribution in [2.45, 2.75) is 46.0 Å². The van der Waals surface area contributed by atoms with E-state index in [-0.39, 0.29) is 11.7 Å². The zero-order valence-corrected chi connectivity index (χ0v) is 8.18. The Morgan fingerprint density at radius 3 is 2.33 bits per heavy atom. The molecule has 0 heterocycles. The maximum atomic E-state index is 10.8. The molecule has 0 aliphatic rings. The van der Waals surface area contributed by atoms with Crippen LogP contribution in [0.4, 0.5) is 0 Å². The Labute approximate surface area is 75.0 Å². The predicted octanol–water partition coefficient (Wildman–Crippen LogP) is 2.15. The molecule has 0 bridgehead atoms. The third-order valence-corrected chi connectivity index (χ3v) is 2.24. The lowest BCUT2D eigenvalue weighted by atomic mass is 9.99. The topological polar surface area (TPSA) is 37.3 Å². The molecule has 0 rings (SSSR count). The van der Waals surface area contributed by atoms with E-state index in [4.69, 9.17) is 5.11 Å².